The molecule has 1 aliphatic carbocycles. The second-order valence-electron chi connectivity index (χ2n) is 14.0. The van der Waals surface area contributed by atoms with E-state index >= 15 is 0 Å². The van der Waals surface area contributed by atoms with Crippen LogP contribution in [-0.4, -0.2) is 0 Å². The van der Waals surface area contributed by atoms with Gasteiger partial charge in [0.15, 0.2) is 0 Å². The van der Waals surface area contributed by atoms with Crippen molar-refractivity contribution in [3.63, 3.8) is 0 Å². The molecule has 1 atom stereocenters. The summed E-state index contributed by atoms with van der Waals surface area (Å²) in [5.41, 5.74) is -3.04. The normalized spacial score (nSPS) is 20.3. The van der Waals surface area contributed by atoms with Gasteiger partial charge in [-0.15, -0.1) is 0 Å². The third kappa shape index (κ3) is 5.56. The number of hydrogen-bond donors (Lipinski definition) is 0. The predicted molar refractivity (Wildman–Crippen MR) is 246 cm³/mol. The summed E-state index contributed by atoms with van der Waals surface area (Å²) < 4.78 is 212. The summed E-state index contributed by atoms with van der Waals surface area (Å²) >= 11 is 0. The molecule has 0 bridgehead atoms. The molecule has 0 N–H and O–H groups in total. The highest BCUT2D eigenvalue weighted by atomic mass is 16.3. The number of rotatable bonds is 7. The van der Waals surface area contributed by atoms with E-state index in [4.69, 9.17) is 29.1 Å². The summed E-state index contributed by atoms with van der Waals surface area (Å²) in [5, 5.41) is -0.385. The van der Waals surface area contributed by atoms with E-state index in [2.05, 4.69) is 0 Å². The third-order valence-corrected chi connectivity index (χ3v) is 10.8. The minimum Gasteiger partial charge on any atom is -0.455 e. The van der Waals surface area contributed by atoms with Crippen molar-refractivity contribution in [2.45, 2.75) is 19.1 Å². The number of para-hydroxylation sites is 3. The monoisotopic (exact) mass is 778 g/mol. The summed E-state index contributed by atoms with van der Waals surface area (Å²) in [6.07, 6.45) is 0. The fourth-order valence-corrected chi connectivity index (χ4v) is 8.36. The first-order valence-electron chi connectivity index (χ1n) is 30.0. The van der Waals surface area contributed by atoms with Gasteiger partial charge in [-0.25, -0.2) is 0 Å². The molecule has 0 aliphatic heterocycles. The van der Waals surface area contributed by atoms with Gasteiger partial charge < -0.3 is 9.32 Å². The van der Waals surface area contributed by atoms with Gasteiger partial charge in [-0.2, -0.15) is 0 Å². The van der Waals surface area contributed by atoms with Crippen molar-refractivity contribution >= 4 is 39.0 Å². The Morgan fingerprint density at radius 2 is 1.17 bits per heavy atom. The Morgan fingerprint density at radius 1 is 0.492 bits per heavy atom. The first kappa shape index (κ1) is 18.4. The molecule has 9 aromatic carbocycles. The van der Waals surface area contributed by atoms with Crippen LogP contribution < -0.4 is 4.90 Å². The topological polar surface area (TPSA) is 16.4 Å². The number of nitrogens with zero attached hydrogens (tertiary/aromatic N) is 1. The summed E-state index contributed by atoms with van der Waals surface area (Å²) in [5.74, 6) is 0. The van der Waals surface area contributed by atoms with Crippen molar-refractivity contribution in [2.24, 2.45) is 0 Å². The zero-order chi connectivity index (χ0) is 59.3. The second kappa shape index (κ2) is 13.9. The highest BCUT2D eigenvalue weighted by Crippen LogP contribution is 2.60. The largest absolute Gasteiger partial charge is 0.455 e. The van der Waals surface area contributed by atoms with E-state index in [-0.39, 0.29) is 77.8 Å². The Kier molecular flexibility index (Phi) is 4.35. The van der Waals surface area contributed by atoms with Gasteiger partial charge in [0.05, 0.1) is 34.4 Å². The molecular weight excluding hydrogens is 715 g/mol. The highest BCUT2D eigenvalue weighted by molar-refractivity contribution is 6.09. The molecule has 59 heavy (non-hydrogen) atoms. The Hall–Kier alpha value is -7.42. The standard InChI is InChI=1S/C57H41NO/c1-38-25-34-50-51(35-38)57(43-17-8-4-9-18-43,44-30-26-42(27-31-44)47-22-14-23-49-48-21-12-13-24-54(48)59-56(47)49)52-36-39(2)37-53(55(50)52)58(45-19-10-5-11-20-45)46-32-28-41(29-33-46)40-15-6-3-7-16-40/h3-37H,1-2H3/i1D3,2D3,4D,5D,8D,9D,10D,11D,12D,13D,14D,17D,18D,19D,20D,21D,22D,23D,24D. The molecule has 0 saturated heterocycles. The Morgan fingerprint density at radius 3 is 1.95 bits per heavy atom. The summed E-state index contributed by atoms with van der Waals surface area (Å²) in [6, 6.07) is 16.3. The maximum Gasteiger partial charge on any atom is 0.143 e. The van der Waals surface area contributed by atoms with Crippen LogP contribution in [-0.2, 0) is 5.41 Å². The number of fused-ring (bicyclic) bond motifs is 6. The van der Waals surface area contributed by atoms with Crippen LogP contribution in [0.25, 0.3) is 55.3 Å². The number of aryl methyl sites for hydroxylation is 2. The minimum atomic E-state index is -3.06. The van der Waals surface area contributed by atoms with Crippen molar-refractivity contribution in [3.8, 4) is 33.4 Å². The maximum atomic E-state index is 9.74. The number of anilines is 3. The molecule has 2 nitrogen and oxygen atoms in total. The quantitative estimate of drug-likeness (QED) is 0.160. The second-order valence-corrected chi connectivity index (χ2v) is 14.0. The van der Waals surface area contributed by atoms with E-state index in [1.807, 2.05) is 30.3 Å². The molecule has 0 saturated carbocycles. The van der Waals surface area contributed by atoms with Gasteiger partial charge >= 0.3 is 0 Å². The molecule has 10 aromatic rings. The average molecular weight is 779 g/mol. The van der Waals surface area contributed by atoms with Gasteiger partial charge in [0.1, 0.15) is 11.2 Å². The molecule has 2 heteroatoms. The van der Waals surface area contributed by atoms with Crippen molar-refractivity contribution in [3.05, 3.63) is 245 Å². The van der Waals surface area contributed by atoms with Gasteiger partial charge in [0.25, 0.3) is 0 Å². The molecule has 1 unspecified atom stereocenters. The van der Waals surface area contributed by atoms with E-state index in [9.17, 15) is 6.85 Å². The van der Waals surface area contributed by atoms with Crippen LogP contribution in [0.3, 0.4) is 0 Å². The zero-order valence-electron chi connectivity index (χ0n) is 53.7. The third-order valence-electron chi connectivity index (χ3n) is 10.8. The van der Waals surface area contributed by atoms with E-state index in [1.165, 1.54) is 59.5 Å². The lowest BCUT2D eigenvalue weighted by Crippen LogP contribution is -2.29. The van der Waals surface area contributed by atoms with Crippen molar-refractivity contribution in [1.82, 2.24) is 0 Å². The van der Waals surface area contributed by atoms with Crippen LogP contribution in [0.2, 0.25) is 0 Å². The van der Waals surface area contributed by atoms with Gasteiger partial charge in [-0.05, 0) is 100 Å². The highest BCUT2D eigenvalue weighted by Gasteiger charge is 2.48. The van der Waals surface area contributed by atoms with Crippen LogP contribution in [0.1, 0.15) is 64.9 Å². The molecule has 0 fully saturated rings. The van der Waals surface area contributed by atoms with Gasteiger partial charge in [-0.1, -0.05) is 181 Å². The molecule has 280 valence electrons. The first-order chi connectivity index (χ1) is 38.5. The Bertz CT molecular complexity index is 4320. The van der Waals surface area contributed by atoms with Crippen LogP contribution in [0, 0.1) is 13.7 Å². The molecule has 0 radical (unpaired) electrons. The smallest absolute Gasteiger partial charge is 0.143 e. The molecule has 1 heterocycles. The molecule has 0 spiro atoms. The SMILES string of the molecule is [2H]c1c([2H])c([2H])c(N(c2ccc(-c3ccccc3)cc2)c2cc(C([2H])([2H])[2H])cc3c2-c2ccc(C([2H])([2H])[2H])cc2C3(c2ccc(-c3c([2H])c([2H])c([2H])c4c3oc3c([2H])c([2H])c([2H])c([2H])c34)cc2)c2c([2H])c([2H])c([2H])c([2H])c2[2H])c([2H])c1[2H]. The molecular formula is C57H41NO. The van der Waals surface area contributed by atoms with E-state index in [0.29, 0.717) is 5.56 Å². The lowest BCUT2D eigenvalue weighted by atomic mass is 9.67. The lowest BCUT2D eigenvalue weighted by molar-refractivity contribution is 0.670. The Labute approximate surface area is 377 Å². The zero-order valence-corrected chi connectivity index (χ0v) is 30.7. The van der Waals surface area contributed by atoms with Gasteiger partial charge in [0, 0.05) is 41.5 Å². The van der Waals surface area contributed by atoms with Gasteiger partial charge in [-0.3, -0.25) is 0 Å². The molecule has 0 amide bonds. The van der Waals surface area contributed by atoms with Crippen LogP contribution in [0.15, 0.2) is 216 Å². The summed E-state index contributed by atoms with van der Waals surface area (Å²) in [7, 11) is 0. The van der Waals surface area contributed by atoms with E-state index in [1.54, 1.807) is 24.3 Å². The molecule has 1 aromatic heterocycles. The fourth-order valence-electron chi connectivity index (χ4n) is 8.36. The average Bonchev–Trinajstić information content (AvgIpc) is 1.58. The summed E-state index contributed by atoms with van der Waals surface area (Å²) in [4.78, 5) is 1.30. The number of furan rings is 1. The fraction of sp³-hybridized carbons (Fsp3) is 0.0526. The first-order valence-corrected chi connectivity index (χ1v) is 18.5. The Balaban J connectivity index is 1.31. The van der Waals surface area contributed by atoms with Crippen molar-refractivity contribution < 1.29 is 35.9 Å². The van der Waals surface area contributed by atoms with E-state index in [0.717, 1.165) is 5.56 Å². The number of benzene rings is 9. The van der Waals surface area contributed by atoms with Crippen LogP contribution >= 0.6 is 0 Å². The van der Waals surface area contributed by atoms with Crippen LogP contribution in [0.4, 0.5) is 17.1 Å². The maximum absolute atomic E-state index is 9.74. The lowest BCUT2D eigenvalue weighted by Gasteiger charge is -2.35. The van der Waals surface area contributed by atoms with Crippen molar-refractivity contribution in [2.75, 3.05) is 4.90 Å². The minimum absolute atomic E-state index is 0.0165. The van der Waals surface area contributed by atoms with Crippen molar-refractivity contribution in [1.29, 1.82) is 0 Å². The van der Waals surface area contributed by atoms with E-state index < -0.39 is 139 Å². The summed E-state index contributed by atoms with van der Waals surface area (Å²) in [6.45, 7) is -5.92. The van der Waals surface area contributed by atoms with Gasteiger partial charge in [0.2, 0.25) is 0 Å². The molecule has 11 rings (SSSR count). The predicted octanol–water partition coefficient (Wildman–Crippen LogP) is 15.4. The number of hydrogen-bond acceptors (Lipinski definition) is 2. The van der Waals surface area contributed by atoms with Crippen LogP contribution in [0.5, 0.6) is 0 Å². The molecule has 1 aliphatic rings.